The molecule has 4 aromatic rings. The molecule has 0 aliphatic heterocycles. The fourth-order valence-electron chi connectivity index (χ4n) is 3.24. The predicted octanol–water partition coefficient (Wildman–Crippen LogP) is 5.32. The molecule has 0 heterocycles. The number of nitrogens with zero attached hydrogens (tertiary/aromatic N) is 1. The van der Waals surface area contributed by atoms with Gasteiger partial charge in [-0.1, -0.05) is 60.7 Å². The summed E-state index contributed by atoms with van der Waals surface area (Å²) in [5, 5.41) is 12.5. The van der Waals surface area contributed by atoms with Crippen LogP contribution in [0.15, 0.2) is 84.0 Å². The zero-order valence-electron chi connectivity index (χ0n) is 15.3. The number of hydrazone groups is 1. The highest BCUT2D eigenvalue weighted by Gasteiger charge is 2.06. The van der Waals surface area contributed by atoms with Gasteiger partial charge in [0.15, 0.2) is 5.11 Å². The Hall–Kier alpha value is -3.44. The molecule has 0 aliphatic rings. The summed E-state index contributed by atoms with van der Waals surface area (Å²) in [7, 11) is 1.63. The number of nitrogens with one attached hydrogen (secondary N) is 2. The molecular weight excluding hydrogens is 366 g/mol. The minimum atomic E-state index is 0.394. The van der Waals surface area contributed by atoms with Crippen LogP contribution in [-0.2, 0) is 0 Å². The fourth-order valence-corrected chi connectivity index (χ4v) is 3.40. The van der Waals surface area contributed by atoms with Crippen molar-refractivity contribution >= 4 is 50.8 Å². The van der Waals surface area contributed by atoms with E-state index in [0.717, 1.165) is 27.8 Å². The van der Waals surface area contributed by atoms with Gasteiger partial charge < -0.3 is 10.1 Å². The molecule has 0 unspecified atom stereocenters. The third-order valence-electron chi connectivity index (χ3n) is 4.53. The number of para-hydroxylation sites is 2. The van der Waals surface area contributed by atoms with Crippen LogP contribution in [0, 0.1) is 0 Å². The van der Waals surface area contributed by atoms with E-state index in [4.69, 9.17) is 17.0 Å². The second-order valence-corrected chi connectivity index (χ2v) is 6.67. The van der Waals surface area contributed by atoms with Crippen molar-refractivity contribution in [2.75, 3.05) is 12.4 Å². The maximum absolute atomic E-state index is 5.36. The normalized spacial score (nSPS) is 11.0. The van der Waals surface area contributed by atoms with Crippen LogP contribution in [0.5, 0.6) is 5.75 Å². The molecule has 0 aromatic heterocycles. The number of fused-ring (bicyclic) bond motifs is 2. The minimum Gasteiger partial charge on any atom is -0.495 e. The van der Waals surface area contributed by atoms with Gasteiger partial charge in [0.25, 0.3) is 0 Å². The Morgan fingerprint density at radius 2 is 1.50 bits per heavy atom. The number of anilines is 1. The fraction of sp³-hybridized carbons (Fsp3) is 0.0435. The van der Waals surface area contributed by atoms with Gasteiger partial charge in [0, 0.05) is 5.56 Å². The Morgan fingerprint density at radius 3 is 2.18 bits per heavy atom. The monoisotopic (exact) mass is 385 g/mol. The maximum atomic E-state index is 5.36. The summed E-state index contributed by atoms with van der Waals surface area (Å²) in [6.07, 6.45) is 1.82. The molecule has 28 heavy (non-hydrogen) atoms. The van der Waals surface area contributed by atoms with E-state index in [1.54, 1.807) is 7.11 Å². The van der Waals surface area contributed by atoms with Crippen molar-refractivity contribution in [3.63, 3.8) is 0 Å². The average molecular weight is 385 g/mol. The third-order valence-corrected chi connectivity index (χ3v) is 4.72. The van der Waals surface area contributed by atoms with E-state index >= 15 is 0 Å². The smallest absolute Gasteiger partial charge is 0.191 e. The molecule has 2 N–H and O–H groups in total. The highest BCUT2D eigenvalue weighted by molar-refractivity contribution is 7.80. The van der Waals surface area contributed by atoms with Gasteiger partial charge in [-0.3, -0.25) is 5.43 Å². The van der Waals surface area contributed by atoms with Gasteiger partial charge in [-0.05, 0) is 52.0 Å². The maximum Gasteiger partial charge on any atom is 0.191 e. The van der Waals surface area contributed by atoms with Crippen molar-refractivity contribution in [2.24, 2.45) is 5.10 Å². The number of thiocarbonyl (C=S) groups is 1. The van der Waals surface area contributed by atoms with E-state index in [0.29, 0.717) is 5.11 Å². The van der Waals surface area contributed by atoms with Crippen LogP contribution in [-0.4, -0.2) is 18.4 Å². The lowest BCUT2D eigenvalue weighted by Crippen LogP contribution is -2.24. The summed E-state index contributed by atoms with van der Waals surface area (Å²) >= 11 is 5.36. The minimum absolute atomic E-state index is 0.394. The first-order valence-electron chi connectivity index (χ1n) is 8.90. The molecule has 5 heteroatoms. The van der Waals surface area contributed by atoms with Crippen LogP contribution >= 0.6 is 12.2 Å². The molecule has 0 amide bonds. The lowest BCUT2D eigenvalue weighted by atomic mass is 9.97. The number of ether oxygens (including phenoxy) is 1. The molecule has 0 spiro atoms. The topological polar surface area (TPSA) is 45.6 Å². The third kappa shape index (κ3) is 3.66. The van der Waals surface area contributed by atoms with Crippen molar-refractivity contribution in [1.82, 2.24) is 5.43 Å². The van der Waals surface area contributed by atoms with Crippen molar-refractivity contribution in [1.29, 1.82) is 0 Å². The standard InChI is InChI=1S/C23H19N3OS/c1-27-22-13-7-6-12-21(22)25-23(28)26-24-15-20-18-10-4-2-8-16(18)14-17-9-3-5-11-19(17)20/h2-15H,1H3,(H2,25,26,28)/b24-15+. The van der Waals surface area contributed by atoms with E-state index in [9.17, 15) is 0 Å². The summed E-state index contributed by atoms with van der Waals surface area (Å²) in [4.78, 5) is 0. The quantitative estimate of drug-likeness (QED) is 0.216. The van der Waals surface area contributed by atoms with Crippen LogP contribution in [0.3, 0.4) is 0 Å². The Bertz CT molecular complexity index is 1130. The Kier molecular flexibility index (Phi) is 5.17. The van der Waals surface area contributed by atoms with Crippen molar-refractivity contribution in [3.8, 4) is 5.75 Å². The summed E-state index contributed by atoms with van der Waals surface area (Å²) in [6, 6.07) is 26.4. The van der Waals surface area contributed by atoms with Crippen LogP contribution < -0.4 is 15.5 Å². The molecule has 138 valence electrons. The van der Waals surface area contributed by atoms with Gasteiger partial charge in [-0.2, -0.15) is 5.10 Å². The molecule has 0 fully saturated rings. The average Bonchev–Trinajstić information content (AvgIpc) is 2.73. The van der Waals surface area contributed by atoms with Gasteiger partial charge in [0.05, 0.1) is 19.0 Å². The van der Waals surface area contributed by atoms with Crippen LogP contribution in [0.2, 0.25) is 0 Å². The zero-order chi connectivity index (χ0) is 19.3. The zero-order valence-corrected chi connectivity index (χ0v) is 16.2. The summed E-state index contributed by atoms with van der Waals surface area (Å²) in [5.74, 6) is 0.718. The number of hydrogen-bond acceptors (Lipinski definition) is 3. The molecule has 4 rings (SSSR count). The summed E-state index contributed by atoms with van der Waals surface area (Å²) in [6.45, 7) is 0. The van der Waals surface area contributed by atoms with E-state index in [1.807, 2.05) is 54.7 Å². The van der Waals surface area contributed by atoms with Crippen molar-refractivity contribution < 1.29 is 4.74 Å². The molecule has 4 nitrogen and oxygen atoms in total. The first kappa shape index (κ1) is 17.9. The molecule has 0 saturated carbocycles. The molecule has 0 saturated heterocycles. The van der Waals surface area contributed by atoms with Gasteiger partial charge in [-0.25, -0.2) is 0 Å². The number of rotatable bonds is 4. The second kappa shape index (κ2) is 8.06. The van der Waals surface area contributed by atoms with Gasteiger partial charge in [-0.15, -0.1) is 0 Å². The van der Waals surface area contributed by atoms with Crippen LogP contribution in [0.1, 0.15) is 5.56 Å². The van der Waals surface area contributed by atoms with Crippen molar-refractivity contribution in [3.05, 3.63) is 84.4 Å². The van der Waals surface area contributed by atoms with Gasteiger partial charge in [0.1, 0.15) is 5.75 Å². The van der Waals surface area contributed by atoms with E-state index < -0.39 is 0 Å². The Morgan fingerprint density at radius 1 is 0.893 bits per heavy atom. The molecule has 0 bridgehead atoms. The first-order chi connectivity index (χ1) is 13.8. The molecule has 0 aliphatic carbocycles. The summed E-state index contributed by atoms with van der Waals surface area (Å²) in [5.41, 5.74) is 4.74. The summed E-state index contributed by atoms with van der Waals surface area (Å²) < 4.78 is 5.33. The molecular formula is C23H19N3OS. The first-order valence-corrected chi connectivity index (χ1v) is 9.30. The molecule has 0 radical (unpaired) electrons. The number of benzene rings is 4. The SMILES string of the molecule is COc1ccccc1NC(=S)N/N=C/c1c2ccccc2cc2ccccc12. The molecule has 4 aromatic carbocycles. The van der Waals surface area contributed by atoms with Crippen molar-refractivity contribution in [2.45, 2.75) is 0 Å². The number of methoxy groups -OCH3 is 1. The van der Waals surface area contributed by atoms with Gasteiger partial charge >= 0.3 is 0 Å². The Balaban J connectivity index is 1.60. The van der Waals surface area contributed by atoms with Crippen LogP contribution in [0.4, 0.5) is 5.69 Å². The van der Waals surface area contributed by atoms with Crippen LogP contribution in [0.25, 0.3) is 21.5 Å². The highest BCUT2D eigenvalue weighted by atomic mass is 32.1. The largest absolute Gasteiger partial charge is 0.495 e. The van der Waals surface area contributed by atoms with E-state index in [-0.39, 0.29) is 0 Å². The lowest BCUT2D eigenvalue weighted by molar-refractivity contribution is 0.417. The second-order valence-electron chi connectivity index (χ2n) is 6.26. The predicted molar refractivity (Wildman–Crippen MR) is 121 cm³/mol. The number of hydrogen-bond donors (Lipinski definition) is 2. The van der Waals surface area contributed by atoms with E-state index in [2.05, 4.69) is 46.2 Å². The highest BCUT2D eigenvalue weighted by Crippen LogP contribution is 2.27. The van der Waals surface area contributed by atoms with Gasteiger partial charge in [0.2, 0.25) is 0 Å². The molecule has 0 atom stereocenters. The lowest BCUT2D eigenvalue weighted by Gasteiger charge is -2.11. The van der Waals surface area contributed by atoms with E-state index in [1.165, 1.54) is 10.8 Å². The Labute approximate surface area is 168 Å².